The number of aliphatic imine (C=N–C) groups is 3. The minimum atomic E-state index is -0.802. The second kappa shape index (κ2) is 34.5. The zero-order valence-corrected chi connectivity index (χ0v) is 49.6. The maximum Gasteiger partial charge on any atom is 0.373 e. The van der Waals surface area contributed by atoms with Gasteiger partial charge >= 0.3 is 18.5 Å². The molecular weight excluding hydrogens is 1110 g/mol. The highest BCUT2D eigenvalue weighted by Crippen LogP contribution is 2.33. The van der Waals surface area contributed by atoms with E-state index in [0.717, 1.165) is 73.1 Å². The molecule has 7 rings (SSSR count). The molecule has 3 atom stereocenters. The highest BCUT2D eigenvalue weighted by molar-refractivity contribution is 8.23. The lowest BCUT2D eigenvalue weighted by Gasteiger charge is -2.26. The second-order valence-electron chi connectivity index (χ2n) is 17.8. The Kier molecular flexibility index (Phi) is 31.7. The third-order valence-electron chi connectivity index (χ3n) is 9.52. The summed E-state index contributed by atoms with van der Waals surface area (Å²) in [5.74, 6) is 4.01. The van der Waals surface area contributed by atoms with E-state index < -0.39 is 12.2 Å². The Balaban J connectivity index is 0.000000472. The molecule has 0 spiro atoms. The van der Waals surface area contributed by atoms with Crippen LogP contribution in [-0.2, 0) is 57.7 Å². The number of thiazole rings is 3. The van der Waals surface area contributed by atoms with Gasteiger partial charge in [0.2, 0.25) is 11.8 Å². The number of carbonyl (C=O) groups excluding carboxylic acids is 8. The number of thiocarbonyl (C=S) groups is 1. The lowest BCUT2D eigenvalue weighted by molar-refractivity contribution is -0.193. The van der Waals surface area contributed by atoms with Gasteiger partial charge in [0.05, 0.1) is 58.2 Å². The fraction of sp³-hybridized carbons (Fsp3) is 0.542. The Labute approximate surface area is 467 Å². The van der Waals surface area contributed by atoms with Crippen LogP contribution in [0.25, 0.3) is 0 Å². The first-order chi connectivity index (χ1) is 34.8. The third kappa shape index (κ3) is 25.1. The quantitative estimate of drug-likeness (QED) is 0.102. The monoisotopic (exact) mass is 1170 g/mol. The molecule has 4 aliphatic heterocycles. The van der Waals surface area contributed by atoms with E-state index in [1.165, 1.54) is 45.3 Å². The molecule has 2 amide bonds. The molecule has 3 N–H and O–H groups in total. The van der Waals surface area contributed by atoms with Gasteiger partial charge in [-0.2, -0.15) is 28.8 Å². The van der Waals surface area contributed by atoms with Gasteiger partial charge in [-0.25, -0.2) is 15.0 Å². The SMILES string of the molecule is C=C[C@@H](O)CC(=O)N1C(=S)SC[C@@H]1C(C)C.C=C[C@@H](O)CC(=O)NCc1nc(C2=NC(C)(C)CS2)cs1.CCc1nc(C2=NC(C)(C)CS2)cs1.CCc1nc(C2=NC(C)(C)CS2)cs1.O=C=O.O=C=O.O=C=O. The second-order valence-corrected chi connectivity index (χ2v) is 25.2. The lowest BCUT2D eigenvalue weighted by Crippen LogP contribution is -2.42. The summed E-state index contributed by atoms with van der Waals surface area (Å²) in [7, 11) is 0. The van der Waals surface area contributed by atoms with E-state index in [1.807, 2.05) is 28.9 Å². The zero-order valence-electron chi connectivity index (χ0n) is 43.0. The molecule has 3 aromatic rings. The van der Waals surface area contributed by atoms with Crippen molar-refractivity contribution in [1.29, 1.82) is 0 Å². The molecule has 0 bridgehead atoms. The van der Waals surface area contributed by atoms with Crippen LogP contribution in [0, 0.1) is 5.92 Å². The molecule has 0 aromatic carbocycles. The topological polar surface area (TPSA) is 268 Å². The Morgan fingerprint density at radius 3 is 1.35 bits per heavy atom. The molecule has 0 saturated carbocycles. The number of nitrogens with one attached hydrogen (secondary N) is 1. The summed E-state index contributed by atoms with van der Waals surface area (Å²) >= 11 is 17.0. The van der Waals surface area contributed by atoms with Crippen molar-refractivity contribution < 1.29 is 48.6 Å². The molecular formula is C48H64N8O10S8. The maximum atomic E-state index is 12.0. The van der Waals surface area contributed by atoms with Crippen molar-refractivity contribution in [2.45, 2.75) is 136 Å². The average molecular weight is 1170 g/mol. The third-order valence-corrected chi connectivity index (χ3v) is 18.1. The minimum absolute atomic E-state index is 0.0263. The fourth-order valence-corrected chi connectivity index (χ4v) is 13.3. The van der Waals surface area contributed by atoms with Crippen molar-refractivity contribution in [3.05, 3.63) is 73.6 Å². The smallest absolute Gasteiger partial charge is 0.373 e. The van der Waals surface area contributed by atoms with Crippen molar-refractivity contribution >= 4 is 143 Å². The average Bonchev–Trinajstić information content (AvgIpc) is 4.21. The van der Waals surface area contributed by atoms with Gasteiger partial charge in [-0.05, 0) is 60.3 Å². The van der Waals surface area contributed by atoms with Crippen LogP contribution in [0.5, 0.6) is 0 Å². The number of aromatic nitrogens is 3. The summed E-state index contributed by atoms with van der Waals surface area (Å²) in [5, 5.41) is 34.1. The Morgan fingerprint density at radius 1 is 0.689 bits per heavy atom. The van der Waals surface area contributed by atoms with Crippen LogP contribution in [0.4, 0.5) is 0 Å². The molecule has 74 heavy (non-hydrogen) atoms. The molecule has 18 nitrogen and oxygen atoms in total. The zero-order chi connectivity index (χ0) is 56.2. The molecule has 3 aromatic heterocycles. The highest BCUT2D eigenvalue weighted by Gasteiger charge is 2.36. The van der Waals surface area contributed by atoms with E-state index in [2.05, 4.69) is 128 Å². The summed E-state index contributed by atoms with van der Waals surface area (Å²) in [6, 6.07) is 0.155. The van der Waals surface area contributed by atoms with Crippen LogP contribution in [0.3, 0.4) is 0 Å². The Hall–Kier alpha value is -4.13. The number of aliphatic hydroxyl groups is 2. The predicted octanol–water partition coefficient (Wildman–Crippen LogP) is 7.98. The molecule has 0 unspecified atom stereocenters. The Bertz CT molecular complexity index is 2420. The molecule has 1 fully saturated rings. The number of rotatable bonds is 14. The van der Waals surface area contributed by atoms with Gasteiger partial charge in [0, 0.05) is 45.2 Å². The predicted molar refractivity (Wildman–Crippen MR) is 303 cm³/mol. The highest BCUT2D eigenvalue weighted by atomic mass is 32.2. The van der Waals surface area contributed by atoms with Crippen LogP contribution in [-0.4, -0.2) is 138 Å². The summed E-state index contributed by atoms with van der Waals surface area (Å²) in [6.07, 6.45) is 4.01. The summed E-state index contributed by atoms with van der Waals surface area (Å²) < 4.78 is 0.625. The first-order valence-corrected chi connectivity index (χ1v) is 29.7. The largest absolute Gasteiger partial charge is 0.389 e. The number of amides is 2. The van der Waals surface area contributed by atoms with Gasteiger partial charge < -0.3 is 15.5 Å². The van der Waals surface area contributed by atoms with E-state index in [1.54, 1.807) is 39.3 Å². The molecule has 0 radical (unpaired) electrons. The van der Waals surface area contributed by atoms with E-state index in [-0.39, 0.29) is 65.8 Å². The molecule has 7 heterocycles. The molecule has 0 aliphatic carbocycles. The fourth-order valence-electron chi connectivity index (χ4n) is 5.87. The maximum absolute atomic E-state index is 12.0. The van der Waals surface area contributed by atoms with Crippen molar-refractivity contribution in [3.8, 4) is 0 Å². The number of thioether (sulfide) groups is 4. The van der Waals surface area contributed by atoms with Gasteiger partial charge in [-0.3, -0.25) is 29.5 Å². The number of carbonyl (C=O) groups is 2. The number of hydrogen-bond acceptors (Lipinski definition) is 24. The standard InChI is InChI=1S/C14H19N3O2S2.C11H17NO2S2.2C10H14N2S2.3CO2/c1-4-9(18)5-11(19)15-6-12-16-10(7-20-12)13-17-14(2,3)8-21-13;1-4-8(13)5-10(14)12-9(7(2)3)6-16-11(12)15;2*1-4-8-11-7(5-13-8)9-12-10(2,3)6-14-9;3*2-1-3/h4,7,9,18H,1,5-6,8H2,2-3H3,(H,15,19);4,7-9,13H,1,5-6H2,2-3H3;2*5H,4,6H2,1-3H3;;;/t9-;8-,9-;;;;;/m11...../s1. The van der Waals surface area contributed by atoms with Crippen LogP contribution in [0.2, 0.25) is 0 Å². The van der Waals surface area contributed by atoms with Gasteiger partial charge in [-0.1, -0.05) is 63.8 Å². The van der Waals surface area contributed by atoms with E-state index in [9.17, 15) is 19.8 Å². The number of aliphatic hydroxyl groups excluding tert-OH is 2. The first-order valence-electron chi connectivity index (χ1n) is 22.7. The van der Waals surface area contributed by atoms with Crippen molar-refractivity contribution in [3.63, 3.8) is 0 Å². The van der Waals surface area contributed by atoms with Crippen molar-refractivity contribution in [2.75, 3.05) is 23.0 Å². The van der Waals surface area contributed by atoms with Crippen LogP contribution >= 0.6 is 93.3 Å². The first kappa shape index (κ1) is 67.9. The number of aryl methyl sites for hydroxylation is 2. The van der Waals surface area contributed by atoms with Gasteiger partial charge in [-0.15, -0.1) is 82.5 Å². The normalized spacial score (nSPS) is 17.9. The van der Waals surface area contributed by atoms with E-state index in [4.69, 9.17) is 41.0 Å². The van der Waals surface area contributed by atoms with Gasteiger partial charge in [0.1, 0.15) is 41.5 Å². The van der Waals surface area contributed by atoms with E-state index >= 15 is 0 Å². The molecule has 4 aliphatic rings. The van der Waals surface area contributed by atoms with Gasteiger partial charge in [0.25, 0.3) is 0 Å². The van der Waals surface area contributed by atoms with Crippen LogP contribution < -0.4 is 5.32 Å². The van der Waals surface area contributed by atoms with Crippen molar-refractivity contribution in [1.82, 2.24) is 25.2 Å². The minimum Gasteiger partial charge on any atom is -0.389 e. The summed E-state index contributed by atoms with van der Waals surface area (Å²) in [5.41, 5.74) is 3.18. The van der Waals surface area contributed by atoms with Crippen LogP contribution in [0.1, 0.15) is 114 Å². The molecule has 404 valence electrons. The van der Waals surface area contributed by atoms with Crippen LogP contribution in [0.15, 0.2) is 56.4 Å². The summed E-state index contributed by atoms with van der Waals surface area (Å²) in [4.78, 5) is 101. The molecule has 26 heteroatoms. The van der Waals surface area contributed by atoms with Gasteiger partial charge in [0.15, 0.2) is 0 Å². The summed E-state index contributed by atoms with van der Waals surface area (Å²) in [6.45, 7) is 28.5. The van der Waals surface area contributed by atoms with E-state index in [0.29, 0.717) is 16.8 Å². The van der Waals surface area contributed by atoms with Crippen molar-refractivity contribution in [2.24, 2.45) is 20.9 Å². The Morgan fingerprint density at radius 2 is 1.04 bits per heavy atom. The number of hydrogen-bond donors (Lipinski definition) is 3. The lowest BCUT2D eigenvalue weighted by atomic mass is 10.0. The number of nitrogens with zero attached hydrogens (tertiary/aromatic N) is 7. The molecule has 1 saturated heterocycles.